The zero-order chi connectivity index (χ0) is 19.2. The number of likely N-dealkylation sites (tertiary alicyclic amines) is 1. The van der Waals surface area contributed by atoms with Gasteiger partial charge in [-0.2, -0.15) is 0 Å². The summed E-state index contributed by atoms with van der Waals surface area (Å²) < 4.78 is 30.6. The summed E-state index contributed by atoms with van der Waals surface area (Å²) in [6.07, 6.45) is 1.48. The maximum absolute atomic E-state index is 11.7. The predicted octanol–water partition coefficient (Wildman–Crippen LogP) is 1.17. The van der Waals surface area contributed by atoms with Gasteiger partial charge in [0.2, 0.25) is 10.0 Å². The SMILES string of the molecule is CN=C(NCc1ccc(S(=O)(=O)NC)cc1)N1CCC(C(=O)OC)CC1.I. The van der Waals surface area contributed by atoms with E-state index in [9.17, 15) is 13.2 Å². The first-order valence-corrected chi connectivity index (χ1v) is 9.95. The van der Waals surface area contributed by atoms with Crippen LogP contribution in [0.2, 0.25) is 0 Å². The summed E-state index contributed by atoms with van der Waals surface area (Å²) in [5.74, 6) is 0.570. The molecule has 1 aromatic rings. The van der Waals surface area contributed by atoms with Gasteiger partial charge in [0.05, 0.1) is 17.9 Å². The van der Waals surface area contributed by atoms with Crippen molar-refractivity contribution in [3.8, 4) is 0 Å². The Bertz CT molecular complexity index is 745. The second-order valence-corrected chi connectivity index (χ2v) is 7.92. The molecule has 152 valence electrons. The zero-order valence-corrected chi connectivity index (χ0v) is 18.9. The van der Waals surface area contributed by atoms with E-state index in [-0.39, 0.29) is 40.8 Å². The fourth-order valence-corrected chi connectivity index (χ4v) is 3.64. The van der Waals surface area contributed by atoms with Gasteiger partial charge in [-0.3, -0.25) is 9.79 Å². The van der Waals surface area contributed by atoms with Crippen LogP contribution in [-0.2, 0) is 26.1 Å². The maximum atomic E-state index is 11.7. The van der Waals surface area contributed by atoms with Crippen LogP contribution in [0.1, 0.15) is 18.4 Å². The standard InChI is InChI=1S/C17H26N4O4S.HI/c1-18-17(21-10-8-14(9-11-21)16(22)25-3)20-12-13-4-6-15(7-5-13)26(23,24)19-2;/h4-7,14,19H,8-12H2,1-3H3,(H,18,20);1H. The number of ether oxygens (including phenoxy) is 1. The molecule has 1 aliphatic heterocycles. The third-order valence-corrected chi connectivity index (χ3v) is 5.92. The first-order valence-electron chi connectivity index (χ1n) is 8.47. The smallest absolute Gasteiger partial charge is 0.308 e. The maximum Gasteiger partial charge on any atom is 0.308 e. The fourth-order valence-electron chi connectivity index (χ4n) is 2.91. The Morgan fingerprint density at radius 2 is 1.85 bits per heavy atom. The van der Waals surface area contributed by atoms with E-state index < -0.39 is 10.0 Å². The molecule has 8 nitrogen and oxygen atoms in total. The summed E-state index contributed by atoms with van der Waals surface area (Å²) in [6.45, 7) is 2.00. The lowest BCUT2D eigenvalue weighted by atomic mass is 9.97. The number of sulfonamides is 1. The van der Waals surface area contributed by atoms with Crippen molar-refractivity contribution in [2.24, 2.45) is 10.9 Å². The summed E-state index contributed by atoms with van der Waals surface area (Å²) in [6, 6.07) is 6.70. The Kier molecular flexibility index (Phi) is 9.47. The zero-order valence-electron chi connectivity index (χ0n) is 15.8. The van der Waals surface area contributed by atoms with Crippen LogP contribution < -0.4 is 10.0 Å². The number of nitrogens with one attached hydrogen (secondary N) is 2. The third kappa shape index (κ3) is 6.32. The molecule has 0 spiro atoms. The normalized spacial score (nSPS) is 15.8. The van der Waals surface area contributed by atoms with Crippen LogP contribution in [0.5, 0.6) is 0 Å². The van der Waals surface area contributed by atoms with Gasteiger partial charge in [0.1, 0.15) is 0 Å². The number of halogens is 1. The summed E-state index contributed by atoms with van der Waals surface area (Å²) in [5, 5.41) is 3.28. The van der Waals surface area contributed by atoms with E-state index in [1.54, 1.807) is 31.3 Å². The topological polar surface area (TPSA) is 100 Å². The highest BCUT2D eigenvalue weighted by atomic mass is 127. The Morgan fingerprint density at radius 1 is 1.26 bits per heavy atom. The molecule has 2 rings (SSSR count). The summed E-state index contributed by atoms with van der Waals surface area (Å²) in [7, 11) is 1.10. The van der Waals surface area contributed by atoms with E-state index in [2.05, 4.69) is 19.9 Å². The molecular formula is C17H27IN4O4S. The lowest BCUT2D eigenvalue weighted by molar-refractivity contribution is -0.146. The molecule has 10 heteroatoms. The molecule has 27 heavy (non-hydrogen) atoms. The molecule has 0 atom stereocenters. The summed E-state index contributed by atoms with van der Waals surface area (Å²) in [4.78, 5) is 18.3. The summed E-state index contributed by atoms with van der Waals surface area (Å²) >= 11 is 0. The lowest BCUT2D eigenvalue weighted by Crippen LogP contribution is -2.46. The number of carbonyl (C=O) groups is 1. The lowest BCUT2D eigenvalue weighted by Gasteiger charge is -2.33. The molecule has 1 aliphatic rings. The number of rotatable bonds is 5. The van der Waals surface area contributed by atoms with E-state index in [4.69, 9.17) is 4.74 Å². The van der Waals surface area contributed by atoms with Gasteiger partial charge in [-0.15, -0.1) is 24.0 Å². The molecule has 0 radical (unpaired) electrons. The van der Waals surface area contributed by atoms with Crippen LogP contribution in [0.3, 0.4) is 0 Å². The van der Waals surface area contributed by atoms with Crippen LogP contribution in [-0.4, -0.2) is 59.5 Å². The number of guanidine groups is 1. The number of benzene rings is 1. The molecule has 1 aromatic carbocycles. The highest BCUT2D eigenvalue weighted by molar-refractivity contribution is 14.0. The molecule has 0 unspecified atom stereocenters. The molecular weight excluding hydrogens is 483 g/mol. The third-order valence-electron chi connectivity index (χ3n) is 4.49. The van der Waals surface area contributed by atoms with Crippen molar-refractivity contribution in [3.63, 3.8) is 0 Å². The molecule has 1 saturated heterocycles. The van der Waals surface area contributed by atoms with Crippen LogP contribution in [0.4, 0.5) is 0 Å². The molecule has 1 heterocycles. The average molecular weight is 510 g/mol. The van der Waals surface area contributed by atoms with Crippen LogP contribution >= 0.6 is 24.0 Å². The minimum absolute atomic E-state index is 0. The van der Waals surface area contributed by atoms with Crippen molar-refractivity contribution < 1.29 is 17.9 Å². The van der Waals surface area contributed by atoms with Gasteiger partial charge in [-0.1, -0.05) is 12.1 Å². The predicted molar refractivity (Wildman–Crippen MR) is 115 cm³/mol. The molecule has 2 N–H and O–H groups in total. The monoisotopic (exact) mass is 510 g/mol. The van der Waals surface area contributed by atoms with Gasteiger partial charge in [-0.25, -0.2) is 13.1 Å². The van der Waals surface area contributed by atoms with Crippen LogP contribution in [0.25, 0.3) is 0 Å². The van der Waals surface area contributed by atoms with Crippen molar-refractivity contribution in [1.29, 1.82) is 0 Å². The van der Waals surface area contributed by atoms with Gasteiger partial charge >= 0.3 is 5.97 Å². The largest absolute Gasteiger partial charge is 0.469 e. The van der Waals surface area contributed by atoms with E-state index in [0.717, 1.165) is 37.5 Å². The van der Waals surface area contributed by atoms with Crippen LogP contribution in [0, 0.1) is 5.92 Å². The van der Waals surface area contributed by atoms with Gasteiger partial charge < -0.3 is 15.0 Å². The second kappa shape index (κ2) is 10.8. The fraction of sp³-hybridized carbons (Fsp3) is 0.529. The second-order valence-electron chi connectivity index (χ2n) is 6.04. The average Bonchev–Trinajstić information content (AvgIpc) is 2.68. The van der Waals surface area contributed by atoms with Crippen molar-refractivity contribution in [2.75, 3.05) is 34.3 Å². The molecule has 0 aromatic heterocycles. The minimum atomic E-state index is -3.42. The van der Waals surface area contributed by atoms with E-state index in [0.29, 0.717) is 6.54 Å². The van der Waals surface area contributed by atoms with Gasteiger partial charge in [0.15, 0.2) is 5.96 Å². The van der Waals surface area contributed by atoms with E-state index in [1.807, 2.05) is 0 Å². The number of aliphatic imine (C=N–C) groups is 1. The van der Waals surface area contributed by atoms with Gasteiger partial charge in [0, 0.05) is 26.7 Å². The number of methoxy groups -OCH3 is 1. The van der Waals surface area contributed by atoms with Crippen molar-refractivity contribution in [3.05, 3.63) is 29.8 Å². The quantitative estimate of drug-likeness (QED) is 0.267. The summed E-state index contributed by atoms with van der Waals surface area (Å²) in [5.41, 5.74) is 0.950. The first-order chi connectivity index (χ1) is 12.4. The highest BCUT2D eigenvalue weighted by Gasteiger charge is 2.26. The number of piperidine rings is 1. The van der Waals surface area contributed by atoms with E-state index in [1.165, 1.54) is 14.2 Å². The molecule has 0 aliphatic carbocycles. The number of carbonyl (C=O) groups excluding carboxylic acids is 1. The first kappa shape index (κ1) is 23.6. The number of nitrogens with zero attached hydrogens (tertiary/aromatic N) is 2. The Morgan fingerprint density at radius 3 is 2.33 bits per heavy atom. The Hall–Kier alpha value is -1.40. The van der Waals surface area contributed by atoms with Crippen molar-refractivity contribution >= 4 is 45.9 Å². The molecule has 1 fully saturated rings. The number of hydrogen-bond donors (Lipinski definition) is 2. The molecule has 0 saturated carbocycles. The molecule has 0 bridgehead atoms. The van der Waals surface area contributed by atoms with Gasteiger partial charge in [0.25, 0.3) is 0 Å². The minimum Gasteiger partial charge on any atom is -0.469 e. The highest BCUT2D eigenvalue weighted by Crippen LogP contribution is 2.18. The van der Waals surface area contributed by atoms with Gasteiger partial charge in [-0.05, 0) is 37.6 Å². The number of hydrogen-bond acceptors (Lipinski definition) is 5. The van der Waals surface area contributed by atoms with Crippen molar-refractivity contribution in [1.82, 2.24) is 14.9 Å². The molecule has 0 amide bonds. The number of esters is 1. The Balaban J connectivity index is 0.00000364. The Labute approximate surface area is 177 Å². The van der Waals surface area contributed by atoms with Crippen LogP contribution in [0.15, 0.2) is 34.2 Å². The van der Waals surface area contributed by atoms with E-state index >= 15 is 0 Å². The van der Waals surface area contributed by atoms with Crippen molar-refractivity contribution in [2.45, 2.75) is 24.3 Å².